The van der Waals surface area contributed by atoms with Crippen LogP contribution in [0.5, 0.6) is 11.5 Å². The van der Waals surface area contributed by atoms with Crippen LogP contribution in [-0.4, -0.2) is 34.8 Å². The zero-order chi connectivity index (χ0) is 24.7. The van der Waals surface area contributed by atoms with Gasteiger partial charge in [0.15, 0.2) is 17.2 Å². The van der Waals surface area contributed by atoms with Crippen LogP contribution in [0.2, 0.25) is 0 Å². The number of carbonyl (C=O) groups is 2. The van der Waals surface area contributed by atoms with Crippen molar-refractivity contribution in [2.75, 3.05) is 7.11 Å². The third-order valence-electron chi connectivity index (χ3n) is 4.79. The van der Waals surface area contributed by atoms with Gasteiger partial charge in [0.1, 0.15) is 0 Å². The van der Waals surface area contributed by atoms with Crippen LogP contribution in [0.15, 0.2) is 53.3 Å². The van der Waals surface area contributed by atoms with Crippen LogP contribution >= 0.6 is 0 Å². The first-order valence-electron chi connectivity index (χ1n) is 11.0. The smallest absolute Gasteiger partial charge is 0.290 e. The Morgan fingerprint density at radius 1 is 1.09 bits per heavy atom. The van der Waals surface area contributed by atoms with E-state index >= 15 is 0 Å². The normalized spacial score (nSPS) is 11.1. The zero-order valence-corrected chi connectivity index (χ0v) is 19.6. The summed E-state index contributed by atoms with van der Waals surface area (Å²) in [6.07, 6.45) is 3.54. The molecule has 0 saturated carbocycles. The Kier molecular flexibility index (Phi) is 8.02. The number of hydrogen-bond acceptors (Lipinski definition) is 6. The SMILES string of the molecule is CCCn1nc(C(=O)NNC(=O)/C=C/c2ccc(OC(C)C)c(OC)c2)c2ccccc2c1=O. The quantitative estimate of drug-likeness (QED) is 0.391. The van der Waals surface area contributed by atoms with E-state index in [1.165, 1.54) is 10.8 Å². The molecule has 9 nitrogen and oxygen atoms in total. The predicted molar refractivity (Wildman–Crippen MR) is 130 cm³/mol. The number of aryl methyl sites for hydroxylation is 1. The fraction of sp³-hybridized carbons (Fsp3) is 0.280. The van der Waals surface area contributed by atoms with Gasteiger partial charge in [-0.3, -0.25) is 25.2 Å². The van der Waals surface area contributed by atoms with Gasteiger partial charge in [-0.05, 0) is 50.1 Å². The van der Waals surface area contributed by atoms with E-state index in [1.54, 1.807) is 55.7 Å². The van der Waals surface area contributed by atoms with E-state index in [0.29, 0.717) is 40.8 Å². The Morgan fingerprint density at radius 3 is 2.50 bits per heavy atom. The summed E-state index contributed by atoms with van der Waals surface area (Å²) >= 11 is 0. The molecule has 2 N–H and O–H groups in total. The molecular weight excluding hydrogens is 436 g/mol. The maximum absolute atomic E-state index is 12.8. The molecule has 0 aliphatic carbocycles. The van der Waals surface area contributed by atoms with E-state index in [0.717, 1.165) is 0 Å². The van der Waals surface area contributed by atoms with Gasteiger partial charge in [0.2, 0.25) is 0 Å². The van der Waals surface area contributed by atoms with Crippen molar-refractivity contribution in [2.45, 2.75) is 39.8 Å². The van der Waals surface area contributed by atoms with Gasteiger partial charge in [-0.15, -0.1) is 0 Å². The molecule has 9 heteroatoms. The molecule has 0 saturated heterocycles. The number of amides is 2. The largest absolute Gasteiger partial charge is 0.493 e. The molecule has 3 aromatic rings. The monoisotopic (exact) mass is 464 g/mol. The second-order valence-corrected chi connectivity index (χ2v) is 7.78. The standard InChI is InChI=1S/C25H28N4O5/c1-5-14-29-25(32)19-9-7-6-8-18(19)23(28-29)24(31)27-26-22(30)13-11-17-10-12-20(34-16(2)3)21(15-17)33-4/h6-13,15-16H,5,14H2,1-4H3,(H,26,30)(H,27,31)/b13-11+. The lowest BCUT2D eigenvalue weighted by Gasteiger charge is -2.13. The third kappa shape index (κ3) is 5.80. The Morgan fingerprint density at radius 2 is 1.82 bits per heavy atom. The third-order valence-corrected chi connectivity index (χ3v) is 4.79. The number of methoxy groups -OCH3 is 1. The van der Waals surface area contributed by atoms with Gasteiger partial charge >= 0.3 is 0 Å². The number of carbonyl (C=O) groups excluding carboxylic acids is 2. The molecule has 0 radical (unpaired) electrons. The summed E-state index contributed by atoms with van der Waals surface area (Å²) in [5, 5.41) is 5.01. The molecule has 34 heavy (non-hydrogen) atoms. The molecule has 178 valence electrons. The Balaban J connectivity index is 1.71. The second-order valence-electron chi connectivity index (χ2n) is 7.78. The van der Waals surface area contributed by atoms with E-state index in [4.69, 9.17) is 9.47 Å². The number of aromatic nitrogens is 2. The highest BCUT2D eigenvalue weighted by Gasteiger charge is 2.16. The summed E-state index contributed by atoms with van der Waals surface area (Å²) in [5.74, 6) is -0.0131. The first kappa shape index (κ1) is 24.5. The summed E-state index contributed by atoms with van der Waals surface area (Å²) in [6, 6.07) is 12.0. The number of nitrogens with zero attached hydrogens (tertiary/aromatic N) is 2. The van der Waals surface area contributed by atoms with Crippen LogP contribution in [0, 0.1) is 0 Å². The van der Waals surface area contributed by atoms with Crippen LogP contribution in [0.4, 0.5) is 0 Å². The number of hydrogen-bond donors (Lipinski definition) is 2. The highest BCUT2D eigenvalue weighted by Crippen LogP contribution is 2.29. The number of nitrogens with one attached hydrogen (secondary N) is 2. The minimum absolute atomic E-state index is 0.00223. The van der Waals surface area contributed by atoms with Crippen molar-refractivity contribution >= 4 is 28.7 Å². The van der Waals surface area contributed by atoms with E-state index in [1.807, 2.05) is 20.8 Å². The van der Waals surface area contributed by atoms with Gasteiger partial charge in [0.05, 0.1) is 18.6 Å². The highest BCUT2D eigenvalue weighted by atomic mass is 16.5. The van der Waals surface area contributed by atoms with Gasteiger partial charge in [0.25, 0.3) is 17.4 Å². The number of hydrazine groups is 1. The molecule has 0 aliphatic rings. The lowest BCUT2D eigenvalue weighted by Crippen LogP contribution is -2.42. The fourth-order valence-corrected chi connectivity index (χ4v) is 3.30. The molecule has 1 aromatic heterocycles. The highest BCUT2D eigenvalue weighted by molar-refractivity contribution is 6.05. The number of ether oxygens (including phenoxy) is 2. The molecule has 1 heterocycles. The van der Waals surface area contributed by atoms with Crippen LogP contribution in [0.1, 0.15) is 43.2 Å². The Bertz CT molecular complexity index is 1280. The summed E-state index contributed by atoms with van der Waals surface area (Å²) in [7, 11) is 1.54. The van der Waals surface area contributed by atoms with Crippen LogP contribution in [0.25, 0.3) is 16.8 Å². The number of rotatable bonds is 8. The van der Waals surface area contributed by atoms with E-state index in [9.17, 15) is 14.4 Å². The average Bonchev–Trinajstić information content (AvgIpc) is 2.83. The molecule has 0 unspecified atom stereocenters. The lowest BCUT2D eigenvalue weighted by atomic mass is 10.1. The summed E-state index contributed by atoms with van der Waals surface area (Å²) in [6.45, 7) is 6.13. The summed E-state index contributed by atoms with van der Waals surface area (Å²) in [4.78, 5) is 37.6. The maximum Gasteiger partial charge on any atom is 0.290 e. The van der Waals surface area contributed by atoms with E-state index < -0.39 is 11.8 Å². The Labute approximate surface area is 197 Å². The van der Waals surface area contributed by atoms with Crippen molar-refractivity contribution in [1.82, 2.24) is 20.6 Å². The van der Waals surface area contributed by atoms with Crippen molar-refractivity contribution in [3.8, 4) is 11.5 Å². The second kappa shape index (κ2) is 11.1. The first-order valence-corrected chi connectivity index (χ1v) is 11.0. The molecule has 3 rings (SSSR count). The molecule has 0 bridgehead atoms. The Hall–Kier alpha value is -4.14. The summed E-state index contributed by atoms with van der Waals surface area (Å²) < 4.78 is 12.3. The molecule has 2 amide bonds. The van der Waals surface area contributed by atoms with Crippen LogP contribution in [0.3, 0.4) is 0 Å². The van der Waals surface area contributed by atoms with Crippen molar-refractivity contribution in [1.29, 1.82) is 0 Å². The molecule has 0 fully saturated rings. The minimum atomic E-state index is -0.625. The lowest BCUT2D eigenvalue weighted by molar-refractivity contribution is -0.117. The first-order chi connectivity index (χ1) is 16.3. The average molecular weight is 465 g/mol. The summed E-state index contributed by atoms with van der Waals surface area (Å²) in [5.41, 5.74) is 5.20. The van der Waals surface area contributed by atoms with Crippen molar-refractivity contribution in [3.05, 3.63) is 70.2 Å². The van der Waals surface area contributed by atoms with Gasteiger partial charge in [-0.25, -0.2) is 4.68 Å². The molecule has 0 atom stereocenters. The van der Waals surface area contributed by atoms with Crippen molar-refractivity contribution in [2.24, 2.45) is 0 Å². The fourth-order valence-electron chi connectivity index (χ4n) is 3.30. The van der Waals surface area contributed by atoms with Crippen molar-refractivity contribution < 1.29 is 19.1 Å². The molecule has 0 spiro atoms. The van der Waals surface area contributed by atoms with Gasteiger partial charge in [-0.2, -0.15) is 5.10 Å². The minimum Gasteiger partial charge on any atom is -0.493 e. The van der Waals surface area contributed by atoms with Gasteiger partial charge in [0, 0.05) is 18.0 Å². The maximum atomic E-state index is 12.8. The molecular formula is C25H28N4O5. The number of benzene rings is 2. The van der Waals surface area contributed by atoms with Gasteiger partial charge in [-0.1, -0.05) is 31.2 Å². The topological polar surface area (TPSA) is 112 Å². The van der Waals surface area contributed by atoms with Gasteiger partial charge < -0.3 is 9.47 Å². The van der Waals surface area contributed by atoms with Crippen LogP contribution < -0.4 is 25.9 Å². The van der Waals surface area contributed by atoms with E-state index in [2.05, 4.69) is 16.0 Å². The van der Waals surface area contributed by atoms with Crippen molar-refractivity contribution in [3.63, 3.8) is 0 Å². The van der Waals surface area contributed by atoms with E-state index in [-0.39, 0.29) is 17.4 Å². The van der Waals surface area contributed by atoms with Crippen LogP contribution in [-0.2, 0) is 11.3 Å². The predicted octanol–water partition coefficient (Wildman–Crippen LogP) is 3.08. The zero-order valence-electron chi connectivity index (χ0n) is 19.6. The number of fused-ring (bicyclic) bond motifs is 1. The molecule has 2 aromatic carbocycles. The molecule has 0 aliphatic heterocycles.